The van der Waals surface area contributed by atoms with Gasteiger partial charge in [-0.15, -0.1) is 11.6 Å². The monoisotopic (exact) mass is 293 g/mol. The van der Waals surface area contributed by atoms with Gasteiger partial charge in [0.2, 0.25) is 0 Å². The predicted octanol–water partition coefficient (Wildman–Crippen LogP) is 4.90. The summed E-state index contributed by atoms with van der Waals surface area (Å²) in [6.45, 7) is 10.3. The van der Waals surface area contributed by atoms with Crippen molar-refractivity contribution in [2.45, 2.75) is 45.4 Å². The minimum absolute atomic E-state index is 0.122. The molecule has 1 fully saturated rings. The SMILES string of the molecule is CC(C)Cc1ccc(C(Cl)CN2CCC(C)CC2)cc1. The molecule has 1 aliphatic rings. The Morgan fingerprint density at radius 2 is 1.75 bits per heavy atom. The van der Waals surface area contributed by atoms with E-state index in [9.17, 15) is 0 Å². The van der Waals surface area contributed by atoms with Gasteiger partial charge in [0.1, 0.15) is 0 Å². The van der Waals surface area contributed by atoms with Crippen LogP contribution in [0.4, 0.5) is 0 Å². The van der Waals surface area contributed by atoms with Crippen molar-refractivity contribution in [3.8, 4) is 0 Å². The zero-order chi connectivity index (χ0) is 14.5. The van der Waals surface area contributed by atoms with Gasteiger partial charge in [0.25, 0.3) is 0 Å². The molecule has 0 aliphatic carbocycles. The van der Waals surface area contributed by atoms with Gasteiger partial charge in [0.05, 0.1) is 5.38 Å². The summed E-state index contributed by atoms with van der Waals surface area (Å²) in [4.78, 5) is 2.51. The van der Waals surface area contributed by atoms with Crippen molar-refractivity contribution < 1.29 is 0 Å². The van der Waals surface area contributed by atoms with Crippen LogP contribution in [0.1, 0.15) is 50.1 Å². The lowest BCUT2D eigenvalue weighted by Gasteiger charge is -2.31. The summed E-state index contributed by atoms with van der Waals surface area (Å²) >= 11 is 6.59. The third-order valence-electron chi connectivity index (χ3n) is 4.28. The van der Waals surface area contributed by atoms with E-state index in [1.165, 1.54) is 37.1 Å². The third kappa shape index (κ3) is 4.79. The summed E-state index contributed by atoms with van der Waals surface area (Å²) in [6, 6.07) is 8.90. The Kier molecular flexibility index (Phi) is 5.92. The highest BCUT2D eigenvalue weighted by Gasteiger charge is 2.19. The molecule has 1 aromatic carbocycles. The van der Waals surface area contributed by atoms with Gasteiger partial charge >= 0.3 is 0 Å². The number of benzene rings is 1. The second-order valence-electron chi connectivity index (χ2n) is 6.79. The van der Waals surface area contributed by atoms with Crippen LogP contribution in [0.3, 0.4) is 0 Å². The quantitative estimate of drug-likeness (QED) is 0.698. The lowest BCUT2D eigenvalue weighted by atomic mass is 9.98. The molecule has 1 unspecified atom stereocenters. The molecular formula is C18H28ClN. The normalized spacial score (nSPS) is 19.4. The lowest BCUT2D eigenvalue weighted by Crippen LogP contribution is -2.35. The van der Waals surface area contributed by atoms with Crippen LogP contribution in [0.2, 0.25) is 0 Å². The van der Waals surface area contributed by atoms with Gasteiger partial charge in [0, 0.05) is 6.54 Å². The van der Waals surface area contributed by atoms with Crippen LogP contribution in [0.15, 0.2) is 24.3 Å². The maximum Gasteiger partial charge on any atom is 0.0712 e. The average molecular weight is 294 g/mol. The Morgan fingerprint density at radius 3 is 2.30 bits per heavy atom. The summed E-state index contributed by atoms with van der Waals surface area (Å²) in [5.74, 6) is 1.60. The van der Waals surface area contributed by atoms with Gasteiger partial charge in [0.15, 0.2) is 0 Å². The van der Waals surface area contributed by atoms with Crippen LogP contribution < -0.4 is 0 Å². The average Bonchev–Trinajstić information content (AvgIpc) is 2.41. The van der Waals surface area contributed by atoms with E-state index in [-0.39, 0.29) is 5.38 Å². The molecule has 0 amide bonds. The van der Waals surface area contributed by atoms with Gasteiger partial charge in [-0.05, 0) is 55.3 Å². The molecule has 1 heterocycles. The molecule has 20 heavy (non-hydrogen) atoms. The Balaban J connectivity index is 1.87. The first-order chi connectivity index (χ1) is 9.54. The lowest BCUT2D eigenvalue weighted by molar-refractivity contribution is 0.192. The summed E-state index contributed by atoms with van der Waals surface area (Å²) in [5, 5.41) is 0.122. The number of rotatable bonds is 5. The minimum Gasteiger partial charge on any atom is -0.302 e. The fraction of sp³-hybridized carbons (Fsp3) is 0.667. The second kappa shape index (κ2) is 7.47. The largest absolute Gasteiger partial charge is 0.302 e. The van der Waals surface area contributed by atoms with E-state index >= 15 is 0 Å². The van der Waals surface area contributed by atoms with Gasteiger partial charge in [-0.3, -0.25) is 0 Å². The molecule has 0 radical (unpaired) electrons. The molecule has 0 spiro atoms. The summed E-state index contributed by atoms with van der Waals surface area (Å²) in [6.07, 6.45) is 3.78. The molecule has 112 valence electrons. The fourth-order valence-corrected chi connectivity index (χ4v) is 3.25. The molecule has 1 atom stereocenters. The molecule has 1 aromatic rings. The van der Waals surface area contributed by atoms with Gasteiger partial charge in [-0.2, -0.15) is 0 Å². The van der Waals surface area contributed by atoms with E-state index in [1.54, 1.807) is 0 Å². The first kappa shape index (κ1) is 15.9. The van der Waals surface area contributed by atoms with Crippen molar-refractivity contribution in [1.82, 2.24) is 4.90 Å². The number of nitrogens with zero attached hydrogens (tertiary/aromatic N) is 1. The van der Waals surface area contributed by atoms with Crippen molar-refractivity contribution >= 4 is 11.6 Å². The molecular weight excluding hydrogens is 266 g/mol. The van der Waals surface area contributed by atoms with Crippen LogP contribution in [0.5, 0.6) is 0 Å². The van der Waals surface area contributed by atoms with Crippen molar-refractivity contribution in [3.63, 3.8) is 0 Å². The summed E-state index contributed by atoms with van der Waals surface area (Å²) in [5.41, 5.74) is 2.68. The van der Waals surface area contributed by atoms with Crippen LogP contribution in [0, 0.1) is 11.8 Å². The van der Waals surface area contributed by atoms with E-state index in [0.29, 0.717) is 5.92 Å². The van der Waals surface area contributed by atoms with Crippen molar-refractivity contribution in [3.05, 3.63) is 35.4 Å². The first-order valence-corrected chi connectivity index (χ1v) is 8.43. The molecule has 0 N–H and O–H groups in total. The van der Waals surface area contributed by atoms with E-state index in [0.717, 1.165) is 18.9 Å². The molecule has 1 nitrogen and oxygen atoms in total. The van der Waals surface area contributed by atoms with E-state index in [2.05, 4.69) is 49.9 Å². The van der Waals surface area contributed by atoms with Crippen molar-refractivity contribution in [2.75, 3.05) is 19.6 Å². The highest BCUT2D eigenvalue weighted by Crippen LogP contribution is 2.25. The Bertz CT molecular complexity index is 390. The first-order valence-electron chi connectivity index (χ1n) is 8.00. The number of halogens is 1. The smallest absolute Gasteiger partial charge is 0.0712 e. The Morgan fingerprint density at radius 1 is 1.15 bits per heavy atom. The third-order valence-corrected chi connectivity index (χ3v) is 4.67. The number of piperidine rings is 1. The van der Waals surface area contributed by atoms with E-state index < -0.39 is 0 Å². The van der Waals surface area contributed by atoms with Crippen molar-refractivity contribution in [1.29, 1.82) is 0 Å². The molecule has 2 heteroatoms. The zero-order valence-corrected chi connectivity index (χ0v) is 13.9. The molecule has 1 aliphatic heterocycles. The number of hydrogen-bond acceptors (Lipinski definition) is 1. The highest BCUT2D eigenvalue weighted by molar-refractivity contribution is 6.21. The van der Waals surface area contributed by atoms with Crippen molar-refractivity contribution in [2.24, 2.45) is 11.8 Å². The van der Waals surface area contributed by atoms with Crippen LogP contribution in [-0.2, 0) is 6.42 Å². The fourth-order valence-electron chi connectivity index (χ4n) is 2.91. The van der Waals surface area contributed by atoms with Gasteiger partial charge in [-0.1, -0.05) is 45.0 Å². The Labute approximate surface area is 129 Å². The number of likely N-dealkylation sites (tertiary alicyclic amines) is 1. The van der Waals surface area contributed by atoms with Crippen LogP contribution in [0.25, 0.3) is 0 Å². The summed E-state index contributed by atoms with van der Waals surface area (Å²) in [7, 11) is 0. The van der Waals surface area contributed by atoms with E-state index in [4.69, 9.17) is 11.6 Å². The van der Waals surface area contributed by atoms with Crippen LogP contribution >= 0.6 is 11.6 Å². The molecule has 0 saturated carbocycles. The highest BCUT2D eigenvalue weighted by atomic mass is 35.5. The molecule has 0 aromatic heterocycles. The number of hydrogen-bond donors (Lipinski definition) is 0. The van der Waals surface area contributed by atoms with E-state index in [1.807, 2.05) is 0 Å². The summed E-state index contributed by atoms with van der Waals surface area (Å²) < 4.78 is 0. The zero-order valence-electron chi connectivity index (χ0n) is 13.1. The maximum absolute atomic E-state index is 6.59. The predicted molar refractivity (Wildman–Crippen MR) is 88.4 cm³/mol. The van der Waals surface area contributed by atoms with Crippen LogP contribution in [-0.4, -0.2) is 24.5 Å². The molecule has 2 rings (SSSR count). The molecule has 0 bridgehead atoms. The number of alkyl halides is 1. The minimum atomic E-state index is 0.122. The standard InChI is InChI=1S/C18H28ClN/c1-14(2)12-16-4-6-17(7-5-16)18(19)13-20-10-8-15(3)9-11-20/h4-7,14-15,18H,8-13H2,1-3H3. The van der Waals surface area contributed by atoms with Gasteiger partial charge < -0.3 is 4.90 Å². The topological polar surface area (TPSA) is 3.24 Å². The second-order valence-corrected chi connectivity index (χ2v) is 7.32. The van der Waals surface area contributed by atoms with Gasteiger partial charge in [-0.25, -0.2) is 0 Å². The molecule has 1 saturated heterocycles. The maximum atomic E-state index is 6.59. The Hall–Kier alpha value is -0.530.